The molecule has 42 heavy (non-hydrogen) atoms. The van der Waals surface area contributed by atoms with E-state index in [1.807, 2.05) is 0 Å². The van der Waals surface area contributed by atoms with Crippen molar-refractivity contribution in [2.75, 3.05) is 5.32 Å². The quantitative estimate of drug-likeness (QED) is 0.220. The fraction of sp³-hybridized carbons (Fsp3) is 0.273. The van der Waals surface area contributed by atoms with E-state index in [1.54, 1.807) is 54.8 Å². The average molecular weight is 586 g/mol. The number of hydrogen-bond acceptors (Lipinski definition) is 5. The Labute approximate surface area is 274 Å². The number of nitrogens with zero attached hydrogens (tertiary/aromatic N) is 1. The number of para-hydroxylation sites is 1. The summed E-state index contributed by atoms with van der Waals surface area (Å²) in [5.41, 5.74) is 0.989. The minimum atomic E-state index is -1.47. The summed E-state index contributed by atoms with van der Waals surface area (Å²) in [4.78, 5) is 25.2. The fourth-order valence-corrected chi connectivity index (χ4v) is 4.95. The Morgan fingerprint density at radius 2 is 1.69 bits per heavy atom. The van der Waals surface area contributed by atoms with Crippen molar-refractivity contribution in [3.8, 4) is 22.4 Å². The molecule has 3 aromatic carbocycles. The summed E-state index contributed by atoms with van der Waals surface area (Å²) in [5.74, 6) is -3.15. The van der Waals surface area contributed by atoms with Crippen LogP contribution >= 0.6 is 0 Å². The summed E-state index contributed by atoms with van der Waals surface area (Å²) < 4.78 is 58.9. The summed E-state index contributed by atoms with van der Waals surface area (Å²) in [5, 5.41) is 34.6. The predicted octanol–water partition coefficient (Wildman–Crippen LogP) is 1.98. The first-order chi connectivity index (χ1) is 21.7. The van der Waals surface area contributed by atoms with E-state index in [0.29, 0.717) is 11.4 Å². The number of amides is 1. The molecular formula is C33H34FN2NaO5. The van der Waals surface area contributed by atoms with Gasteiger partial charge in [-0.1, -0.05) is 74.4 Å². The Morgan fingerprint density at radius 3 is 2.31 bits per heavy atom. The molecule has 1 heterocycles. The van der Waals surface area contributed by atoms with Crippen LogP contribution in [0.25, 0.3) is 22.4 Å². The molecule has 4 aromatic rings. The van der Waals surface area contributed by atoms with Gasteiger partial charge in [-0.15, -0.1) is 0 Å². The third-order valence-electron chi connectivity index (χ3n) is 6.59. The van der Waals surface area contributed by atoms with Crippen LogP contribution in [-0.4, -0.2) is 38.9 Å². The van der Waals surface area contributed by atoms with Crippen molar-refractivity contribution < 1.29 is 65.7 Å². The Bertz CT molecular complexity index is 1740. The Hall–Kier alpha value is -3.27. The maximum absolute atomic E-state index is 14.8. The van der Waals surface area contributed by atoms with Gasteiger partial charge in [0.1, 0.15) is 5.82 Å². The number of anilines is 1. The number of carbonyl (C=O) groups excluding carboxylic acids is 2. The monoisotopic (exact) mass is 585 g/mol. The number of hydrogen-bond donors (Lipinski definition) is 3. The summed E-state index contributed by atoms with van der Waals surface area (Å²) in [6, 6.07) is 11.0. The van der Waals surface area contributed by atoms with Crippen LogP contribution in [0.15, 0.2) is 84.8 Å². The van der Waals surface area contributed by atoms with Crippen molar-refractivity contribution in [1.29, 1.82) is 0 Å². The van der Waals surface area contributed by atoms with Crippen LogP contribution in [0.5, 0.6) is 0 Å². The third-order valence-corrected chi connectivity index (χ3v) is 6.59. The molecule has 0 aliphatic rings. The van der Waals surface area contributed by atoms with Crippen LogP contribution in [-0.2, 0) is 11.3 Å². The molecule has 0 spiro atoms. The van der Waals surface area contributed by atoms with Crippen LogP contribution in [0.2, 0.25) is 0 Å². The molecule has 9 heteroatoms. The number of aromatic nitrogens is 1. The zero-order chi connectivity index (χ0) is 33.9. The van der Waals surface area contributed by atoms with E-state index < -0.39 is 72.5 Å². The molecule has 0 saturated heterocycles. The van der Waals surface area contributed by atoms with Gasteiger partial charge in [0.05, 0.1) is 30.3 Å². The molecule has 1 aromatic heterocycles. The van der Waals surface area contributed by atoms with Gasteiger partial charge in [0.2, 0.25) is 0 Å². The zero-order valence-corrected chi connectivity index (χ0v) is 25.7. The number of aliphatic carboxylic acids is 1. The Balaban J connectivity index is 0.00000600. The molecular weight excluding hydrogens is 546 g/mol. The van der Waals surface area contributed by atoms with Gasteiger partial charge < -0.3 is 30.0 Å². The molecule has 0 bridgehead atoms. The van der Waals surface area contributed by atoms with Crippen molar-refractivity contribution in [2.24, 2.45) is 0 Å². The maximum Gasteiger partial charge on any atom is 1.00 e. The molecule has 0 fully saturated rings. The zero-order valence-electron chi connectivity index (χ0n) is 28.7. The van der Waals surface area contributed by atoms with E-state index in [4.69, 9.17) is 6.85 Å². The van der Waals surface area contributed by atoms with Crippen molar-refractivity contribution in [3.63, 3.8) is 0 Å². The first kappa shape index (κ1) is 26.4. The summed E-state index contributed by atoms with van der Waals surface area (Å²) in [6.45, 7) is 3.57. The van der Waals surface area contributed by atoms with E-state index in [9.17, 15) is 29.3 Å². The number of aliphatic hydroxyl groups excluding tert-OH is 2. The Morgan fingerprint density at radius 1 is 1.00 bits per heavy atom. The number of rotatable bonds is 12. The van der Waals surface area contributed by atoms with Gasteiger partial charge in [0, 0.05) is 41.4 Å². The Kier molecular flexibility index (Phi) is 9.59. The van der Waals surface area contributed by atoms with E-state index >= 15 is 0 Å². The normalized spacial score (nSPS) is 14.1. The number of benzene rings is 3. The molecule has 0 aliphatic heterocycles. The standard InChI is InChI=1S/C33H35FN2O5.Na/c1-21(2)31-30(33(41)35-25-14-7-4-8-15-25)29(22-10-5-3-6-11-22)32(23-12-9-13-24(34)18-23)36(31)17-16-26(37)19-27(38)20-28(39)40;/h3-15,18,21,26-27,37-38H,16-17,19-20H2,1-2H3,(H,35,41)(H,39,40);/q;+1/p-1/t26-,27-;/m1./s1/i3D,5D,6D,10D,11D;. The summed E-state index contributed by atoms with van der Waals surface area (Å²) in [7, 11) is 0. The van der Waals surface area contributed by atoms with E-state index in [2.05, 4.69) is 5.32 Å². The van der Waals surface area contributed by atoms with Gasteiger partial charge in [-0.3, -0.25) is 4.79 Å². The van der Waals surface area contributed by atoms with E-state index in [1.165, 1.54) is 18.2 Å². The molecule has 214 valence electrons. The van der Waals surface area contributed by atoms with Gasteiger partial charge in [-0.05, 0) is 48.6 Å². The van der Waals surface area contributed by atoms with E-state index in [0.717, 1.165) is 0 Å². The predicted molar refractivity (Wildman–Crippen MR) is 155 cm³/mol. The van der Waals surface area contributed by atoms with Crippen LogP contribution < -0.4 is 40.0 Å². The van der Waals surface area contributed by atoms with Crippen LogP contribution in [0.1, 0.15) is 61.9 Å². The molecule has 3 N–H and O–H groups in total. The topological polar surface area (TPSA) is 115 Å². The molecule has 7 nitrogen and oxygen atoms in total. The average Bonchev–Trinajstić information content (AvgIpc) is 3.33. The molecule has 0 radical (unpaired) electrons. The maximum atomic E-state index is 14.8. The number of aliphatic hydroxyl groups is 2. The number of carboxylic acids is 1. The van der Waals surface area contributed by atoms with Crippen molar-refractivity contribution in [3.05, 3.63) is 102 Å². The molecule has 0 aliphatic carbocycles. The molecule has 0 saturated carbocycles. The number of carbonyl (C=O) groups is 2. The van der Waals surface area contributed by atoms with Crippen LogP contribution in [0, 0.1) is 5.82 Å². The summed E-state index contributed by atoms with van der Waals surface area (Å²) in [6.07, 6.45) is -3.55. The van der Waals surface area contributed by atoms with Crippen LogP contribution in [0.3, 0.4) is 0 Å². The number of carboxylic acid groups (broad SMARTS) is 1. The molecule has 4 rings (SSSR count). The molecule has 1 amide bonds. The largest absolute Gasteiger partial charge is 1.00 e. The van der Waals surface area contributed by atoms with Gasteiger partial charge in [-0.2, -0.15) is 0 Å². The first-order valence-corrected chi connectivity index (χ1v) is 13.2. The van der Waals surface area contributed by atoms with Gasteiger partial charge in [-0.25, -0.2) is 4.39 Å². The minimum absolute atomic E-state index is 0. The van der Waals surface area contributed by atoms with Crippen LogP contribution in [0.4, 0.5) is 10.1 Å². The molecule has 2 atom stereocenters. The number of halogens is 1. The smallest absolute Gasteiger partial charge is 0.550 e. The minimum Gasteiger partial charge on any atom is -0.550 e. The second-order valence-electron chi connectivity index (χ2n) is 10.0. The van der Waals surface area contributed by atoms with Gasteiger partial charge in [0.25, 0.3) is 5.91 Å². The summed E-state index contributed by atoms with van der Waals surface area (Å²) >= 11 is 0. The van der Waals surface area contributed by atoms with Crippen molar-refractivity contribution in [1.82, 2.24) is 4.57 Å². The molecule has 0 unspecified atom stereocenters. The van der Waals surface area contributed by atoms with Crippen molar-refractivity contribution >= 4 is 17.6 Å². The van der Waals surface area contributed by atoms with E-state index in [-0.39, 0.29) is 76.9 Å². The first-order valence-electron chi connectivity index (χ1n) is 15.7. The second kappa shape index (κ2) is 15.3. The van der Waals surface area contributed by atoms with Crippen molar-refractivity contribution in [2.45, 2.75) is 57.8 Å². The SMILES string of the molecule is [2H]c1c([2H])c([2H])c(-c2c(C(=O)Nc3ccccc3)c(C(C)C)n(CC[C@@H](O)C[C@@H](O)CC(=O)[O-])c2-c2cccc(F)c2)c([2H])c1[2H].[Na+]. The fourth-order valence-electron chi connectivity index (χ4n) is 4.95. The number of nitrogens with one attached hydrogen (secondary N) is 1. The van der Waals surface area contributed by atoms with Gasteiger partial charge in [0.15, 0.2) is 0 Å². The second-order valence-corrected chi connectivity index (χ2v) is 10.0. The van der Waals surface area contributed by atoms with Gasteiger partial charge >= 0.3 is 29.6 Å². The third kappa shape index (κ3) is 8.18.